The molecular weight excluding hydrogens is 356 g/mol. The molecule has 0 radical (unpaired) electrons. The zero-order valence-electron chi connectivity index (χ0n) is 11.8. The van der Waals surface area contributed by atoms with Crippen LogP contribution in [-0.4, -0.2) is 26.0 Å². The highest BCUT2D eigenvalue weighted by Crippen LogP contribution is 2.34. The third kappa shape index (κ3) is 3.66. The second-order valence-electron chi connectivity index (χ2n) is 4.48. The monoisotopic (exact) mass is 366 g/mol. The van der Waals surface area contributed by atoms with Crippen LogP contribution in [0.3, 0.4) is 0 Å². The third-order valence-electron chi connectivity index (χ3n) is 2.87. The first-order chi connectivity index (χ1) is 11.0. The number of rotatable bonds is 5. The molecule has 0 spiro atoms. The fraction of sp³-hybridized carbons (Fsp3) is 0.154. The number of thiazole rings is 2. The third-order valence-corrected chi connectivity index (χ3v) is 5.77. The van der Waals surface area contributed by atoms with E-state index in [9.17, 15) is 14.9 Å². The van der Waals surface area contributed by atoms with Crippen LogP contribution in [0.5, 0.6) is 0 Å². The number of nitro benzene ring substituents is 1. The molecule has 0 saturated carbocycles. The number of anilines is 1. The second kappa shape index (κ2) is 6.60. The molecule has 1 aromatic carbocycles. The van der Waals surface area contributed by atoms with E-state index in [0.29, 0.717) is 15.0 Å². The van der Waals surface area contributed by atoms with Gasteiger partial charge in [0, 0.05) is 23.7 Å². The van der Waals surface area contributed by atoms with Gasteiger partial charge in [0.2, 0.25) is 5.91 Å². The summed E-state index contributed by atoms with van der Waals surface area (Å²) in [4.78, 5) is 30.9. The minimum absolute atomic E-state index is 0.0345. The quantitative estimate of drug-likeness (QED) is 0.419. The highest BCUT2D eigenvalue weighted by molar-refractivity contribution is 8.02. The van der Waals surface area contributed by atoms with Gasteiger partial charge in [-0.2, -0.15) is 0 Å². The number of amides is 1. The predicted octanol–water partition coefficient (Wildman–Crippen LogP) is 3.78. The first-order valence-corrected chi connectivity index (χ1v) is 9.02. The molecule has 1 amide bonds. The van der Waals surface area contributed by atoms with Crippen molar-refractivity contribution >= 4 is 61.4 Å². The minimum atomic E-state index is -0.434. The summed E-state index contributed by atoms with van der Waals surface area (Å²) in [5, 5.41) is 15.5. The van der Waals surface area contributed by atoms with Gasteiger partial charge in [-0.3, -0.25) is 14.9 Å². The maximum Gasteiger partial charge on any atom is 0.270 e. The van der Waals surface area contributed by atoms with Crippen LogP contribution >= 0.6 is 34.4 Å². The number of hydrogen-bond acceptors (Lipinski definition) is 8. The molecule has 0 aliphatic rings. The van der Waals surface area contributed by atoms with E-state index in [2.05, 4.69) is 15.3 Å². The molecule has 0 bridgehead atoms. The van der Waals surface area contributed by atoms with Crippen LogP contribution in [0, 0.1) is 10.1 Å². The summed E-state index contributed by atoms with van der Waals surface area (Å²) < 4.78 is 1.43. The molecule has 2 heterocycles. The number of carbonyl (C=O) groups is 1. The van der Waals surface area contributed by atoms with E-state index in [4.69, 9.17) is 0 Å². The Balaban J connectivity index is 1.73. The van der Waals surface area contributed by atoms with Crippen LogP contribution in [0.4, 0.5) is 10.8 Å². The molecule has 3 rings (SSSR count). The first-order valence-electron chi connectivity index (χ1n) is 6.45. The Morgan fingerprint density at radius 2 is 2.30 bits per heavy atom. The zero-order valence-corrected chi connectivity index (χ0v) is 14.2. The number of nitrogens with zero attached hydrogens (tertiary/aromatic N) is 3. The number of nitro groups is 1. The molecule has 1 atom stereocenters. The lowest BCUT2D eigenvalue weighted by molar-refractivity contribution is -0.384. The topological polar surface area (TPSA) is 98.0 Å². The lowest BCUT2D eigenvalue weighted by Gasteiger charge is -2.07. The van der Waals surface area contributed by atoms with E-state index < -0.39 is 4.92 Å². The van der Waals surface area contributed by atoms with Crippen LogP contribution in [-0.2, 0) is 4.79 Å². The van der Waals surface area contributed by atoms with Gasteiger partial charge >= 0.3 is 0 Å². The summed E-state index contributed by atoms with van der Waals surface area (Å²) in [5.41, 5.74) is 0.725. The van der Waals surface area contributed by atoms with Crippen LogP contribution in [0.2, 0.25) is 0 Å². The lowest BCUT2D eigenvalue weighted by atomic mass is 10.3. The molecule has 0 saturated heterocycles. The molecule has 23 heavy (non-hydrogen) atoms. The molecule has 0 unspecified atom stereocenters. The number of fused-ring (bicyclic) bond motifs is 1. The minimum Gasteiger partial charge on any atom is -0.301 e. The van der Waals surface area contributed by atoms with Crippen LogP contribution in [0.15, 0.2) is 34.1 Å². The number of non-ortho nitro benzene ring substituents is 1. The van der Waals surface area contributed by atoms with Gasteiger partial charge < -0.3 is 5.32 Å². The van der Waals surface area contributed by atoms with Gasteiger partial charge in [0.25, 0.3) is 5.69 Å². The van der Waals surface area contributed by atoms with Crippen LogP contribution < -0.4 is 5.32 Å². The molecule has 10 heteroatoms. The van der Waals surface area contributed by atoms with Crippen molar-refractivity contribution in [3.05, 3.63) is 39.9 Å². The molecular formula is C13H10N4O3S3. The standard InChI is InChI=1S/C13H10N4O3S3/c1-7(11(18)16-12-14-4-5-21-12)22-13-15-9-3-2-8(17(19)20)6-10(9)23-13/h2-7H,1H3,(H,14,16,18)/t7-/m0/s1. The van der Waals surface area contributed by atoms with Crippen molar-refractivity contribution in [3.8, 4) is 0 Å². The van der Waals surface area contributed by atoms with Crippen molar-refractivity contribution in [2.45, 2.75) is 16.5 Å². The van der Waals surface area contributed by atoms with Crippen molar-refractivity contribution < 1.29 is 9.72 Å². The van der Waals surface area contributed by atoms with E-state index in [1.54, 1.807) is 24.6 Å². The van der Waals surface area contributed by atoms with Crippen molar-refractivity contribution in [1.82, 2.24) is 9.97 Å². The molecule has 118 valence electrons. The Morgan fingerprint density at radius 3 is 3.00 bits per heavy atom. The Morgan fingerprint density at radius 1 is 1.48 bits per heavy atom. The van der Waals surface area contributed by atoms with Crippen LogP contribution in [0.25, 0.3) is 10.2 Å². The van der Waals surface area contributed by atoms with Gasteiger partial charge in [0.1, 0.15) is 0 Å². The van der Waals surface area contributed by atoms with E-state index in [1.165, 1.54) is 46.6 Å². The summed E-state index contributed by atoms with van der Waals surface area (Å²) in [6.07, 6.45) is 1.62. The number of hydrogen-bond donors (Lipinski definition) is 1. The second-order valence-corrected chi connectivity index (χ2v) is 7.99. The van der Waals surface area contributed by atoms with Gasteiger partial charge in [-0.05, 0) is 13.0 Å². The van der Waals surface area contributed by atoms with E-state index in [-0.39, 0.29) is 16.8 Å². The first kappa shape index (κ1) is 15.8. The SMILES string of the molecule is C[C@H](Sc1nc2ccc([N+](=O)[O-])cc2s1)C(=O)Nc1nccs1. The Labute approximate surface area is 142 Å². The van der Waals surface area contributed by atoms with Gasteiger partial charge in [-0.25, -0.2) is 9.97 Å². The van der Waals surface area contributed by atoms with Crippen molar-refractivity contribution in [2.24, 2.45) is 0 Å². The van der Waals surface area contributed by atoms with E-state index >= 15 is 0 Å². The Hall–Kier alpha value is -2.04. The summed E-state index contributed by atoms with van der Waals surface area (Å²) in [6, 6.07) is 4.54. The smallest absolute Gasteiger partial charge is 0.270 e. The maximum absolute atomic E-state index is 12.1. The van der Waals surface area contributed by atoms with Crippen molar-refractivity contribution in [2.75, 3.05) is 5.32 Å². The summed E-state index contributed by atoms with van der Waals surface area (Å²) in [7, 11) is 0. The Kier molecular flexibility index (Phi) is 4.55. The highest BCUT2D eigenvalue weighted by Gasteiger charge is 2.18. The van der Waals surface area contributed by atoms with Gasteiger partial charge in [0.15, 0.2) is 9.47 Å². The maximum atomic E-state index is 12.1. The molecule has 3 aromatic rings. The number of benzene rings is 1. The number of carbonyl (C=O) groups excluding carboxylic acids is 1. The average molecular weight is 366 g/mol. The molecule has 0 aliphatic heterocycles. The number of thioether (sulfide) groups is 1. The van der Waals surface area contributed by atoms with Crippen molar-refractivity contribution in [1.29, 1.82) is 0 Å². The molecule has 0 fully saturated rings. The molecule has 7 nitrogen and oxygen atoms in total. The van der Waals surface area contributed by atoms with Crippen LogP contribution in [0.1, 0.15) is 6.92 Å². The zero-order chi connectivity index (χ0) is 16.4. The Bertz CT molecular complexity index is 863. The van der Waals surface area contributed by atoms with E-state index in [1.807, 2.05) is 0 Å². The predicted molar refractivity (Wildman–Crippen MR) is 92.3 cm³/mol. The van der Waals surface area contributed by atoms with Gasteiger partial charge in [0.05, 0.1) is 20.4 Å². The molecule has 2 aromatic heterocycles. The number of aromatic nitrogens is 2. The fourth-order valence-electron chi connectivity index (χ4n) is 1.75. The molecule has 0 aliphatic carbocycles. The average Bonchev–Trinajstić information content (AvgIpc) is 3.14. The fourth-order valence-corrected chi connectivity index (χ4v) is 4.53. The summed E-state index contributed by atoms with van der Waals surface area (Å²) in [6.45, 7) is 1.78. The van der Waals surface area contributed by atoms with Gasteiger partial charge in [-0.1, -0.05) is 11.8 Å². The number of nitrogens with one attached hydrogen (secondary N) is 1. The summed E-state index contributed by atoms with van der Waals surface area (Å²) >= 11 is 4.01. The highest BCUT2D eigenvalue weighted by atomic mass is 32.2. The summed E-state index contributed by atoms with van der Waals surface area (Å²) in [5.74, 6) is -0.157. The largest absolute Gasteiger partial charge is 0.301 e. The van der Waals surface area contributed by atoms with Crippen molar-refractivity contribution in [3.63, 3.8) is 0 Å². The molecule has 1 N–H and O–H groups in total. The van der Waals surface area contributed by atoms with Gasteiger partial charge in [-0.15, -0.1) is 22.7 Å². The van der Waals surface area contributed by atoms with E-state index in [0.717, 1.165) is 4.70 Å². The normalized spacial score (nSPS) is 12.2. The lowest BCUT2D eigenvalue weighted by Crippen LogP contribution is -2.22.